The number of nitrogens with one attached hydrogen (secondary N) is 1. The fourth-order valence-electron chi connectivity index (χ4n) is 5.47. The number of aromatic hydroxyl groups is 1. The van der Waals surface area contributed by atoms with E-state index in [-0.39, 0.29) is 29.8 Å². The van der Waals surface area contributed by atoms with Gasteiger partial charge in [-0.25, -0.2) is 4.79 Å². The van der Waals surface area contributed by atoms with Crippen LogP contribution in [0.2, 0.25) is 5.02 Å². The number of halogens is 1. The molecule has 200 valence electrons. The maximum absolute atomic E-state index is 13.8. The minimum atomic E-state index is -0.654. The Balaban J connectivity index is 1.49. The van der Waals surface area contributed by atoms with Crippen LogP contribution < -0.4 is 10.1 Å². The van der Waals surface area contributed by atoms with E-state index in [9.17, 15) is 14.7 Å². The number of methoxy groups -OCH3 is 1. The van der Waals surface area contributed by atoms with Crippen LogP contribution >= 0.6 is 11.6 Å². The van der Waals surface area contributed by atoms with Gasteiger partial charge in [-0.2, -0.15) is 0 Å². The summed E-state index contributed by atoms with van der Waals surface area (Å²) in [5, 5.41) is 14.2. The van der Waals surface area contributed by atoms with E-state index in [1.54, 1.807) is 12.1 Å². The first-order chi connectivity index (χ1) is 18.9. The zero-order chi connectivity index (χ0) is 27.5. The van der Waals surface area contributed by atoms with Crippen molar-refractivity contribution >= 4 is 23.4 Å². The van der Waals surface area contributed by atoms with Crippen molar-refractivity contribution in [3.8, 4) is 11.5 Å². The number of ketones is 1. The molecule has 1 aliphatic heterocycles. The van der Waals surface area contributed by atoms with Gasteiger partial charge in [0.1, 0.15) is 0 Å². The molecule has 0 unspecified atom stereocenters. The minimum Gasteiger partial charge on any atom is -0.504 e. The molecule has 6 nitrogen and oxygen atoms in total. The monoisotopic (exact) mass is 543 g/mol. The average molecular weight is 544 g/mol. The second kappa shape index (κ2) is 11.4. The molecule has 2 aliphatic rings. The van der Waals surface area contributed by atoms with Crippen LogP contribution in [0.25, 0.3) is 0 Å². The standard InChI is InChI=1S/C32H30ClNO5/c1-19-29(32(37)39-15-14-20-6-4-3-5-7-20)30(22-10-13-26(35)28(18-22)38-2)31-25(34-19)16-23(17-27(31)36)21-8-11-24(33)12-9-21/h3-13,18,23,30,34-35H,14-17H2,1-2H3/t23-,30+/m0/s1. The fraction of sp³-hybridized carbons (Fsp3) is 0.250. The first kappa shape index (κ1) is 26.6. The predicted octanol–water partition coefficient (Wildman–Crippen LogP) is 6.20. The van der Waals surface area contributed by atoms with Gasteiger partial charge < -0.3 is 19.9 Å². The summed E-state index contributed by atoms with van der Waals surface area (Å²) in [6.45, 7) is 2.04. The summed E-state index contributed by atoms with van der Waals surface area (Å²) >= 11 is 6.08. The highest BCUT2D eigenvalue weighted by Gasteiger charge is 2.41. The molecule has 0 fully saturated rings. The Morgan fingerprint density at radius 3 is 2.46 bits per heavy atom. The Morgan fingerprint density at radius 2 is 1.74 bits per heavy atom. The van der Waals surface area contributed by atoms with Crippen molar-refractivity contribution in [2.75, 3.05) is 13.7 Å². The minimum absolute atomic E-state index is 0.0109. The zero-order valence-corrected chi connectivity index (χ0v) is 22.6. The summed E-state index contributed by atoms with van der Waals surface area (Å²) in [6, 6.07) is 22.3. The number of benzene rings is 3. The molecule has 39 heavy (non-hydrogen) atoms. The molecule has 5 rings (SSSR count). The van der Waals surface area contributed by atoms with E-state index in [4.69, 9.17) is 21.1 Å². The second-order valence-electron chi connectivity index (χ2n) is 9.87. The first-order valence-corrected chi connectivity index (χ1v) is 13.3. The van der Waals surface area contributed by atoms with E-state index in [1.165, 1.54) is 13.2 Å². The van der Waals surface area contributed by atoms with Crippen molar-refractivity contribution in [3.63, 3.8) is 0 Å². The fourth-order valence-corrected chi connectivity index (χ4v) is 5.60. The summed E-state index contributed by atoms with van der Waals surface area (Å²) < 4.78 is 11.1. The number of carbonyl (C=O) groups excluding carboxylic acids is 2. The van der Waals surface area contributed by atoms with Crippen LogP contribution in [0.4, 0.5) is 0 Å². The molecule has 0 saturated heterocycles. The molecule has 3 aromatic carbocycles. The number of ether oxygens (including phenoxy) is 2. The Hall–Kier alpha value is -4.03. The number of carbonyl (C=O) groups is 2. The lowest BCUT2D eigenvalue weighted by atomic mass is 9.71. The Morgan fingerprint density at radius 1 is 1.03 bits per heavy atom. The van der Waals surface area contributed by atoms with Crippen LogP contribution in [-0.4, -0.2) is 30.6 Å². The van der Waals surface area contributed by atoms with E-state index >= 15 is 0 Å². The van der Waals surface area contributed by atoms with Crippen molar-refractivity contribution in [1.29, 1.82) is 0 Å². The lowest BCUT2D eigenvalue weighted by Crippen LogP contribution is -2.36. The van der Waals surface area contributed by atoms with Crippen LogP contribution in [0.15, 0.2) is 95.3 Å². The van der Waals surface area contributed by atoms with Gasteiger partial charge in [0, 0.05) is 40.7 Å². The lowest BCUT2D eigenvalue weighted by molar-refractivity contribution is -0.139. The third-order valence-corrected chi connectivity index (χ3v) is 7.64. The molecule has 0 spiro atoms. The molecule has 0 aromatic heterocycles. The van der Waals surface area contributed by atoms with Crippen molar-refractivity contribution in [2.45, 2.75) is 38.0 Å². The van der Waals surface area contributed by atoms with E-state index in [0.717, 1.165) is 16.8 Å². The van der Waals surface area contributed by atoms with Crippen molar-refractivity contribution in [3.05, 3.63) is 117 Å². The molecule has 7 heteroatoms. The van der Waals surface area contributed by atoms with Crippen molar-refractivity contribution < 1.29 is 24.2 Å². The van der Waals surface area contributed by atoms with Gasteiger partial charge in [-0.05, 0) is 60.2 Å². The number of allylic oxidation sites excluding steroid dienone is 3. The Bertz CT molecular complexity index is 1460. The molecule has 1 aliphatic carbocycles. The number of hydrogen-bond donors (Lipinski definition) is 2. The SMILES string of the molecule is COc1cc([C@@H]2C(C(=O)OCCc3ccccc3)=C(C)NC3=C2C(=O)C[C@@H](c2ccc(Cl)cc2)C3)ccc1O. The van der Waals surface area contributed by atoms with Gasteiger partial charge in [0.25, 0.3) is 0 Å². The molecule has 0 bridgehead atoms. The highest BCUT2D eigenvalue weighted by Crippen LogP contribution is 2.47. The first-order valence-electron chi connectivity index (χ1n) is 12.9. The average Bonchev–Trinajstić information content (AvgIpc) is 2.93. The predicted molar refractivity (Wildman–Crippen MR) is 150 cm³/mol. The number of Topliss-reactive ketones (excluding diaryl/α,β-unsaturated/α-hetero) is 1. The molecule has 3 aromatic rings. The summed E-state index contributed by atoms with van der Waals surface area (Å²) in [7, 11) is 1.47. The molecule has 2 N–H and O–H groups in total. The van der Waals surface area contributed by atoms with E-state index in [2.05, 4.69) is 5.32 Å². The van der Waals surface area contributed by atoms with Gasteiger partial charge in [-0.1, -0.05) is 60.1 Å². The Labute approximate surface area is 232 Å². The number of rotatable bonds is 7. The third kappa shape index (κ3) is 5.57. The summed E-state index contributed by atoms with van der Waals surface area (Å²) in [6.07, 6.45) is 1.50. The normalized spacial score (nSPS) is 18.9. The number of phenols is 1. The molecule has 1 heterocycles. The molecule has 0 radical (unpaired) electrons. The van der Waals surface area contributed by atoms with Crippen molar-refractivity contribution in [2.24, 2.45) is 0 Å². The van der Waals surface area contributed by atoms with Gasteiger partial charge in [0.2, 0.25) is 0 Å². The summed E-state index contributed by atoms with van der Waals surface area (Å²) in [4.78, 5) is 27.3. The van der Waals surface area contributed by atoms with Crippen LogP contribution in [0.5, 0.6) is 11.5 Å². The van der Waals surface area contributed by atoms with Gasteiger partial charge in [0.15, 0.2) is 17.3 Å². The van der Waals surface area contributed by atoms with Gasteiger partial charge in [0.05, 0.1) is 19.3 Å². The summed E-state index contributed by atoms with van der Waals surface area (Å²) in [5.41, 5.74) is 5.14. The van der Waals surface area contributed by atoms with Crippen LogP contribution in [0.3, 0.4) is 0 Å². The number of hydrogen-bond acceptors (Lipinski definition) is 6. The largest absolute Gasteiger partial charge is 0.504 e. The summed E-state index contributed by atoms with van der Waals surface area (Å²) in [5.74, 6) is -0.934. The quantitative estimate of drug-likeness (QED) is 0.345. The zero-order valence-electron chi connectivity index (χ0n) is 21.9. The van der Waals surface area contributed by atoms with Gasteiger partial charge in [-0.15, -0.1) is 0 Å². The van der Waals surface area contributed by atoms with E-state index in [1.807, 2.05) is 61.5 Å². The number of esters is 1. The number of dihydropyridines is 1. The van der Waals surface area contributed by atoms with Crippen LogP contribution in [0.1, 0.15) is 48.3 Å². The lowest BCUT2D eigenvalue weighted by Gasteiger charge is -2.36. The maximum atomic E-state index is 13.8. The smallest absolute Gasteiger partial charge is 0.336 e. The van der Waals surface area contributed by atoms with Gasteiger partial charge >= 0.3 is 5.97 Å². The highest BCUT2D eigenvalue weighted by molar-refractivity contribution is 6.30. The Kier molecular flexibility index (Phi) is 7.75. The molecule has 0 amide bonds. The second-order valence-corrected chi connectivity index (χ2v) is 10.3. The molecule has 0 saturated carbocycles. The highest BCUT2D eigenvalue weighted by atomic mass is 35.5. The topological polar surface area (TPSA) is 84.9 Å². The van der Waals surface area contributed by atoms with Crippen molar-refractivity contribution in [1.82, 2.24) is 5.32 Å². The van der Waals surface area contributed by atoms with Gasteiger partial charge in [-0.3, -0.25) is 4.79 Å². The maximum Gasteiger partial charge on any atom is 0.336 e. The van der Waals surface area contributed by atoms with Crippen LogP contribution in [0, 0.1) is 0 Å². The van der Waals surface area contributed by atoms with E-state index < -0.39 is 11.9 Å². The third-order valence-electron chi connectivity index (χ3n) is 7.39. The van der Waals surface area contributed by atoms with E-state index in [0.29, 0.717) is 46.7 Å². The molecular formula is C32H30ClNO5. The number of phenolic OH excluding ortho intramolecular Hbond substituents is 1. The molecular weight excluding hydrogens is 514 g/mol. The molecule has 2 atom stereocenters. The van der Waals surface area contributed by atoms with Crippen LogP contribution in [-0.2, 0) is 20.7 Å².